The first-order valence-corrected chi connectivity index (χ1v) is 10.5. The Labute approximate surface area is 189 Å². The van der Waals surface area contributed by atoms with Gasteiger partial charge >= 0.3 is 0 Å². The molecule has 0 aliphatic carbocycles. The van der Waals surface area contributed by atoms with Crippen molar-refractivity contribution in [2.24, 2.45) is 5.41 Å². The lowest BCUT2D eigenvalue weighted by Crippen LogP contribution is -2.27. The molecule has 2 amide bonds. The van der Waals surface area contributed by atoms with Gasteiger partial charge in [-0.15, -0.1) is 0 Å². The van der Waals surface area contributed by atoms with Crippen LogP contribution in [0.15, 0.2) is 78.9 Å². The maximum absolute atomic E-state index is 12.4. The van der Waals surface area contributed by atoms with E-state index in [9.17, 15) is 9.59 Å². The molecule has 3 aromatic carbocycles. The first-order chi connectivity index (χ1) is 15.3. The number of carbonyl (C=O) groups is 2. The summed E-state index contributed by atoms with van der Waals surface area (Å²) in [6.07, 6.45) is 0. The number of nitrogens with one attached hydrogen (secondary N) is 3. The van der Waals surface area contributed by atoms with Crippen molar-refractivity contribution in [1.82, 2.24) is 0 Å². The van der Waals surface area contributed by atoms with Crippen molar-refractivity contribution < 1.29 is 14.3 Å². The van der Waals surface area contributed by atoms with Crippen LogP contribution in [0.1, 0.15) is 26.3 Å². The third-order valence-corrected chi connectivity index (χ3v) is 4.62. The summed E-state index contributed by atoms with van der Waals surface area (Å²) in [6.45, 7) is 6.12. The highest BCUT2D eigenvalue weighted by atomic mass is 16.5. The molecular formula is C26H29N3O3. The number of hydrogen-bond acceptors (Lipinski definition) is 4. The molecule has 0 saturated carbocycles. The summed E-state index contributed by atoms with van der Waals surface area (Å²) in [6, 6.07) is 24.5. The van der Waals surface area contributed by atoms with Crippen LogP contribution in [-0.2, 0) is 16.2 Å². The summed E-state index contributed by atoms with van der Waals surface area (Å²) in [5, 5.41) is 8.81. The topological polar surface area (TPSA) is 79.5 Å². The Morgan fingerprint density at radius 1 is 0.781 bits per heavy atom. The van der Waals surface area contributed by atoms with Crippen molar-refractivity contribution in [3.05, 3.63) is 84.4 Å². The summed E-state index contributed by atoms with van der Waals surface area (Å²) in [4.78, 5) is 24.5. The molecule has 0 aromatic heterocycles. The minimum atomic E-state index is -0.498. The van der Waals surface area contributed by atoms with E-state index in [0.29, 0.717) is 18.0 Å². The standard InChI is InChI=1S/C26H29N3O3/c1-26(2,3)25(31)29-22-13-7-12-21(15-22)28-24(30)17-27-20-11-8-14-23(16-20)32-18-19-9-5-4-6-10-19/h4-16,27H,17-18H2,1-3H3,(H,28,30)(H,29,31). The van der Waals surface area contributed by atoms with Gasteiger partial charge in [0, 0.05) is 28.5 Å². The molecule has 0 aliphatic heterocycles. The SMILES string of the molecule is CC(C)(C)C(=O)Nc1cccc(NC(=O)CNc2cccc(OCc3ccccc3)c2)c1. The molecular weight excluding hydrogens is 402 g/mol. The molecule has 0 bridgehead atoms. The quantitative estimate of drug-likeness (QED) is 0.452. The molecule has 0 atom stereocenters. The van der Waals surface area contributed by atoms with Gasteiger partial charge in [0.05, 0.1) is 6.54 Å². The van der Waals surface area contributed by atoms with Crippen LogP contribution in [0.5, 0.6) is 5.75 Å². The lowest BCUT2D eigenvalue weighted by Gasteiger charge is -2.18. The molecule has 0 unspecified atom stereocenters. The Balaban J connectivity index is 1.51. The summed E-state index contributed by atoms with van der Waals surface area (Å²) in [5.74, 6) is 0.443. The molecule has 3 N–H and O–H groups in total. The first kappa shape index (κ1) is 22.9. The van der Waals surface area contributed by atoms with Gasteiger partial charge in [-0.3, -0.25) is 9.59 Å². The molecule has 6 heteroatoms. The summed E-state index contributed by atoms with van der Waals surface area (Å²) < 4.78 is 5.83. The summed E-state index contributed by atoms with van der Waals surface area (Å²) >= 11 is 0. The Morgan fingerprint density at radius 3 is 2.16 bits per heavy atom. The Morgan fingerprint density at radius 2 is 1.44 bits per heavy atom. The highest BCUT2D eigenvalue weighted by Crippen LogP contribution is 2.21. The number of benzene rings is 3. The zero-order valence-corrected chi connectivity index (χ0v) is 18.6. The van der Waals surface area contributed by atoms with Crippen LogP contribution >= 0.6 is 0 Å². The lowest BCUT2D eigenvalue weighted by atomic mass is 9.95. The smallest absolute Gasteiger partial charge is 0.243 e. The maximum Gasteiger partial charge on any atom is 0.243 e. The van der Waals surface area contributed by atoms with E-state index >= 15 is 0 Å². The van der Waals surface area contributed by atoms with Gasteiger partial charge in [-0.1, -0.05) is 63.2 Å². The molecule has 0 fully saturated rings. The summed E-state index contributed by atoms with van der Waals surface area (Å²) in [5.41, 5.74) is 2.63. The third-order valence-electron chi connectivity index (χ3n) is 4.62. The Bertz CT molecular complexity index is 1060. The van der Waals surface area contributed by atoms with Crippen molar-refractivity contribution in [3.63, 3.8) is 0 Å². The number of rotatable bonds is 8. The van der Waals surface area contributed by atoms with Gasteiger partial charge in [0.2, 0.25) is 11.8 Å². The van der Waals surface area contributed by atoms with E-state index in [4.69, 9.17) is 4.74 Å². The van der Waals surface area contributed by atoms with Crippen LogP contribution in [-0.4, -0.2) is 18.4 Å². The van der Waals surface area contributed by atoms with E-state index < -0.39 is 5.41 Å². The van der Waals surface area contributed by atoms with Gasteiger partial charge in [0.15, 0.2) is 0 Å². The number of hydrogen-bond donors (Lipinski definition) is 3. The molecule has 166 valence electrons. The first-order valence-electron chi connectivity index (χ1n) is 10.5. The van der Waals surface area contributed by atoms with Crippen molar-refractivity contribution in [2.45, 2.75) is 27.4 Å². The van der Waals surface area contributed by atoms with Gasteiger partial charge in [-0.25, -0.2) is 0 Å². The molecule has 0 radical (unpaired) electrons. The molecule has 0 heterocycles. The number of anilines is 3. The van der Waals surface area contributed by atoms with E-state index in [1.807, 2.05) is 75.4 Å². The minimum Gasteiger partial charge on any atom is -0.489 e. The minimum absolute atomic E-state index is 0.0861. The second kappa shape index (κ2) is 10.5. The van der Waals surface area contributed by atoms with Crippen molar-refractivity contribution >= 4 is 28.9 Å². The second-order valence-electron chi connectivity index (χ2n) is 8.49. The normalized spacial score (nSPS) is 10.8. The van der Waals surface area contributed by atoms with Gasteiger partial charge in [0.1, 0.15) is 12.4 Å². The zero-order valence-electron chi connectivity index (χ0n) is 18.6. The van der Waals surface area contributed by atoms with E-state index in [1.165, 1.54) is 0 Å². The van der Waals surface area contributed by atoms with Crippen LogP contribution in [0.4, 0.5) is 17.1 Å². The predicted octanol–water partition coefficient (Wildman–Crippen LogP) is 5.30. The highest BCUT2D eigenvalue weighted by molar-refractivity contribution is 5.97. The highest BCUT2D eigenvalue weighted by Gasteiger charge is 2.21. The molecule has 32 heavy (non-hydrogen) atoms. The van der Waals surface area contributed by atoms with E-state index in [1.54, 1.807) is 24.3 Å². The van der Waals surface area contributed by atoms with Gasteiger partial charge in [-0.05, 0) is 35.9 Å². The Kier molecular flexibility index (Phi) is 7.49. The molecule has 6 nitrogen and oxygen atoms in total. The van der Waals surface area contributed by atoms with Crippen molar-refractivity contribution in [2.75, 3.05) is 22.5 Å². The number of ether oxygens (including phenoxy) is 1. The monoisotopic (exact) mass is 431 g/mol. The lowest BCUT2D eigenvalue weighted by molar-refractivity contribution is -0.123. The van der Waals surface area contributed by atoms with Crippen molar-refractivity contribution in [3.8, 4) is 5.75 Å². The summed E-state index contributed by atoms with van der Waals surface area (Å²) in [7, 11) is 0. The Hall–Kier alpha value is -3.80. The molecule has 3 aromatic rings. The van der Waals surface area contributed by atoms with Gasteiger partial charge in [0.25, 0.3) is 0 Å². The predicted molar refractivity (Wildman–Crippen MR) is 129 cm³/mol. The zero-order chi connectivity index (χ0) is 23.0. The molecule has 0 aliphatic rings. The molecule has 0 saturated heterocycles. The van der Waals surface area contributed by atoms with E-state index in [-0.39, 0.29) is 18.4 Å². The van der Waals surface area contributed by atoms with Crippen LogP contribution in [0.2, 0.25) is 0 Å². The van der Waals surface area contributed by atoms with Crippen LogP contribution in [0.3, 0.4) is 0 Å². The van der Waals surface area contributed by atoms with Gasteiger partial charge < -0.3 is 20.7 Å². The largest absolute Gasteiger partial charge is 0.489 e. The fourth-order valence-electron chi connectivity index (χ4n) is 2.82. The average Bonchev–Trinajstić information content (AvgIpc) is 2.77. The fraction of sp³-hybridized carbons (Fsp3) is 0.231. The fourth-order valence-corrected chi connectivity index (χ4v) is 2.82. The average molecular weight is 432 g/mol. The van der Waals surface area contributed by atoms with Crippen LogP contribution in [0, 0.1) is 5.41 Å². The number of carbonyl (C=O) groups excluding carboxylic acids is 2. The molecule has 3 rings (SSSR count). The van der Waals surface area contributed by atoms with E-state index in [2.05, 4.69) is 16.0 Å². The van der Waals surface area contributed by atoms with E-state index in [0.717, 1.165) is 17.0 Å². The second-order valence-corrected chi connectivity index (χ2v) is 8.49. The molecule has 0 spiro atoms. The third kappa shape index (κ3) is 7.16. The maximum atomic E-state index is 12.4. The van der Waals surface area contributed by atoms with Gasteiger partial charge in [-0.2, -0.15) is 0 Å². The van der Waals surface area contributed by atoms with Crippen molar-refractivity contribution in [1.29, 1.82) is 0 Å². The van der Waals surface area contributed by atoms with Crippen LogP contribution in [0.25, 0.3) is 0 Å². The van der Waals surface area contributed by atoms with Crippen LogP contribution < -0.4 is 20.7 Å². The number of amides is 2.